The first kappa shape index (κ1) is 14.8. The van der Waals surface area contributed by atoms with E-state index in [1.165, 1.54) is 24.2 Å². The molecule has 1 rings (SSSR count). The number of carboxylic acid groups (broad SMARTS) is 1. The zero-order chi connectivity index (χ0) is 13.7. The second kappa shape index (κ2) is 6.61. The highest BCUT2D eigenvalue weighted by Gasteiger charge is 2.29. The summed E-state index contributed by atoms with van der Waals surface area (Å²) >= 11 is 0. The minimum Gasteiger partial charge on any atom is -0.480 e. The number of carbonyl (C=O) groups excluding carboxylic acids is 1. The van der Waals surface area contributed by atoms with Crippen molar-refractivity contribution in [3.8, 4) is 0 Å². The van der Waals surface area contributed by atoms with Crippen molar-refractivity contribution in [2.75, 3.05) is 20.1 Å². The number of urea groups is 1. The zero-order valence-corrected chi connectivity index (χ0v) is 11.6. The Morgan fingerprint density at radius 2 is 1.94 bits per heavy atom. The van der Waals surface area contributed by atoms with Gasteiger partial charge in [-0.05, 0) is 32.1 Å². The number of nitrogens with zero attached hydrogens (tertiary/aromatic N) is 2. The third-order valence-corrected chi connectivity index (χ3v) is 3.80. The molecular weight excluding hydrogens is 232 g/mol. The van der Waals surface area contributed by atoms with Crippen LogP contribution in [0.4, 0.5) is 4.79 Å². The molecule has 0 heterocycles. The Hall–Kier alpha value is -1.26. The third-order valence-electron chi connectivity index (χ3n) is 3.80. The fourth-order valence-electron chi connectivity index (χ4n) is 2.30. The lowest BCUT2D eigenvalue weighted by Crippen LogP contribution is -2.50. The minimum absolute atomic E-state index is 0.168. The molecular formula is C13H24N2O3. The van der Waals surface area contributed by atoms with E-state index in [0.29, 0.717) is 18.9 Å². The molecule has 1 aliphatic rings. The van der Waals surface area contributed by atoms with Crippen molar-refractivity contribution >= 4 is 12.0 Å². The van der Waals surface area contributed by atoms with Gasteiger partial charge < -0.3 is 14.9 Å². The fraction of sp³-hybridized carbons (Fsp3) is 0.846. The average molecular weight is 256 g/mol. The Labute approximate surface area is 109 Å². The van der Waals surface area contributed by atoms with Crippen LogP contribution in [0.1, 0.15) is 39.5 Å². The number of hydrogen-bond acceptors (Lipinski definition) is 2. The lowest BCUT2D eigenvalue weighted by molar-refractivity contribution is -0.142. The van der Waals surface area contributed by atoms with Crippen LogP contribution in [0, 0.1) is 5.92 Å². The molecule has 104 valence electrons. The Bertz CT molecular complexity index is 303. The van der Waals surface area contributed by atoms with Crippen LogP contribution in [0.2, 0.25) is 0 Å². The predicted octanol–water partition coefficient (Wildman–Crippen LogP) is 2.02. The normalized spacial score (nSPS) is 16.8. The maximum Gasteiger partial charge on any atom is 0.326 e. The maximum absolute atomic E-state index is 12.2. The van der Waals surface area contributed by atoms with Gasteiger partial charge in [-0.3, -0.25) is 0 Å². The van der Waals surface area contributed by atoms with E-state index in [2.05, 4.69) is 0 Å². The van der Waals surface area contributed by atoms with Crippen LogP contribution in [0.3, 0.4) is 0 Å². The molecule has 0 saturated heterocycles. The highest BCUT2D eigenvalue weighted by Crippen LogP contribution is 2.27. The number of amides is 2. The quantitative estimate of drug-likeness (QED) is 0.791. The number of aliphatic carboxylic acids is 1. The second-order valence-electron chi connectivity index (χ2n) is 4.99. The Morgan fingerprint density at radius 3 is 2.28 bits per heavy atom. The second-order valence-corrected chi connectivity index (χ2v) is 4.99. The van der Waals surface area contributed by atoms with Gasteiger partial charge in [-0.2, -0.15) is 0 Å². The third kappa shape index (κ3) is 3.37. The first-order chi connectivity index (χ1) is 8.51. The standard InChI is InChI=1S/C13H24N2O3/c1-4-11(12(16)17)14(3)13(18)15(5-2)9-10-7-6-8-10/h10-11H,4-9H2,1-3H3,(H,16,17). The number of hydrogen-bond donors (Lipinski definition) is 1. The van der Waals surface area contributed by atoms with Crippen LogP contribution in [0.15, 0.2) is 0 Å². The van der Waals surface area contributed by atoms with Crippen molar-refractivity contribution in [1.82, 2.24) is 9.80 Å². The summed E-state index contributed by atoms with van der Waals surface area (Å²) in [5.41, 5.74) is 0. The lowest BCUT2D eigenvalue weighted by atomic mass is 9.85. The average Bonchev–Trinajstić information content (AvgIpc) is 2.27. The molecule has 0 aromatic heterocycles. The SMILES string of the molecule is CCC(C(=O)O)N(C)C(=O)N(CC)CC1CCC1. The van der Waals surface area contributed by atoms with Crippen LogP contribution in [-0.2, 0) is 4.79 Å². The highest BCUT2D eigenvalue weighted by molar-refractivity contribution is 5.82. The van der Waals surface area contributed by atoms with E-state index in [1.807, 2.05) is 6.92 Å². The minimum atomic E-state index is -0.937. The smallest absolute Gasteiger partial charge is 0.326 e. The molecule has 0 aromatic rings. The van der Waals surface area contributed by atoms with Crippen molar-refractivity contribution in [2.45, 2.75) is 45.6 Å². The summed E-state index contributed by atoms with van der Waals surface area (Å²) in [6.45, 7) is 5.11. The van der Waals surface area contributed by atoms with E-state index in [-0.39, 0.29) is 6.03 Å². The first-order valence-electron chi connectivity index (χ1n) is 6.75. The van der Waals surface area contributed by atoms with Gasteiger partial charge in [0, 0.05) is 20.1 Å². The summed E-state index contributed by atoms with van der Waals surface area (Å²) in [4.78, 5) is 26.4. The molecule has 5 heteroatoms. The van der Waals surface area contributed by atoms with E-state index in [9.17, 15) is 9.59 Å². The summed E-state index contributed by atoms with van der Waals surface area (Å²) in [5, 5.41) is 9.07. The van der Waals surface area contributed by atoms with Crippen LogP contribution in [0.25, 0.3) is 0 Å². The van der Waals surface area contributed by atoms with Crippen molar-refractivity contribution in [3.63, 3.8) is 0 Å². The topological polar surface area (TPSA) is 60.9 Å². The van der Waals surface area contributed by atoms with Crippen molar-refractivity contribution in [1.29, 1.82) is 0 Å². The summed E-state index contributed by atoms with van der Waals surface area (Å²) in [7, 11) is 1.58. The van der Waals surface area contributed by atoms with Crippen LogP contribution >= 0.6 is 0 Å². The molecule has 18 heavy (non-hydrogen) atoms. The molecule has 1 saturated carbocycles. The number of likely N-dealkylation sites (N-methyl/N-ethyl adjacent to an activating group) is 1. The van der Waals surface area contributed by atoms with Crippen LogP contribution in [0.5, 0.6) is 0 Å². The first-order valence-corrected chi connectivity index (χ1v) is 6.75. The summed E-state index contributed by atoms with van der Waals surface area (Å²) in [6, 6.07) is -0.897. The fourth-order valence-corrected chi connectivity index (χ4v) is 2.30. The number of rotatable bonds is 6. The largest absolute Gasteiger partial charge is 0.480 e. The maximum atomic E-state index is 12.2. The van der Waals surface area contributed by atoms with Crippen LogP contribution in [-0.4, -0.2) is 53.1 Å². The molecule has 1 atom stereocenters. The number of carbonyl (C=O) groups is 2. The van der Waals surface area contributed by atoms with Gasteiger partial charge in [-0.25, -0.2) is 9.59 Å². The Morgan fingerprint density at radius 1 is 1.33 bits per heavy atom. The van der Waals surface area contributed by atoms with Crippen molar-refractivity contribution in [3.05, 3.63) is 0 Å². The highest BCUT2D eigenvalue weighted by atomic mass is 16.4. The molecule has 2 amide bonds. The predicted molar refractivity (Wildman–Crippen MR) is 69.5 cm³/mol. The molecule has 1 aliphatic carbocycles. The van der Waals surface area contributed by atoms with Gasteiger partial charge in [0.1, 0.15) is 6.04 Å². The molecule has 0 aliphatic heterocycles. The molecule has 0 spiro atoms. The number of carboxylic acids is 1. The lowest BCUT2D eigenvalue weighted by Gasteiger charge is -2.35. The summed E-state index contributed by atoms with van der Waals surface area (Å²) in [5.74, 6) is -0.333. The molecule has 0 bridgehead atoms. The van der Waals surface area contributed by atoms with E-state index < -0.39 is 12.0 Å². The van der Waals surface area contributed by atoms with E-state index in [0.717, 1.165) is 6.54 Å². The van der Waals surface area contributed by atoms with Gasteiger partial charge >= 0.3 is 12.0 Å². The van der Waals surface area contributed by atoms with Gasteiger partial charge in [0.05, 0.1) is 0 Å². The van der Waals surface area contributed by atoms with Gasteiger partial charge in [-0.1, -0.05) is 13.3 Å². The van der Waals surface area contributed by atoms with Gasteiger partial charge in [-0.15, -0.1) is 0 Å². The molecule has 0 radical (unpaired) electrons. The monoisotopic (exact) mass is 256 g/mol. The summed E-state index contributed by atoms with van der Waals surface area (Å²) < 4.78 is 0. The van der Waals surface area contributed by atoms with Gasteiger partial charge in [0.15, 0.2) is 0 Å². The van der Waals surface area contributed by atoms with Gasteiger partial charge in [0.25, 0.3) is 0 Å². The van der Waals surface area contributed by atoms with Crippen LogP contribution < -0.4 is 0 Å². The van der Waals surface area contributed by atoms with E-state index >= 15 is 0 Å². The van der Waals surface area contributed by atoms with Gasteiger partial charge in [0.2, 0.25) is 0 Å². The van der Waals surface area contributed by atoms with Crippen molar-refractivity contribution in [2.24, 2.45) is 5.92 Å². The molecule has 0 aromatic carbocycles. The summed E-state index contributed by atoms with van der Waals surface area (Å²) in [6.07, 6.45) is 4.05. The Balaban J connectivity index is 2.60. The van der Waals surface area contributed by atoms with E-state index in [1.54, 1.807) is 18.9 Å². The molecule has 1 unspecified atom stereocenters. The zero-order valence-electron chi connectivity index (χ0n) is 11.6. The molecule has 1 N–H and O–H groups in total. The molecule has 1 fully saturated rings. The Kier molecular flexibility index (Phi) is 5.44. The van der Waals surface area contributed by atoms with E-state index in [4.69, 9.17) is 5.11 Å². The van der Waals surface area contributed by atoms with Crippen molar-refractivity contribution < 1.29 is 14.7 Å². The molecule has 5 nitrogen and oxygen atoms in total.